The highest BCUT2D eigenvalue weighted by atomic mass is 19.1. The Bertz CT molecular complexity index is 417. The number of carboxylic acid groups (broad SMARTS) is 1. The molecule has 112 valence electrons. The second-order valence-electron chi connectivity index (χ2n) is 5.80. The quantitative estimate of drug-likeness (QED) is 0.770. The maximum atomic E-state index is 12.8. The molecule has 0 aliphatic carbocycles. The van der Waals surface area contributed by atoms with Crippen molar-refractivity contribution in [2.24, 2.45) is 11.8 Å². The highest BCUT2D eigenvalue weighted by molar-refractivity contribution is 5.70. The molecule has 0 saturated heterocycles. The normalized spacial score (nSPS) is 14.2. The van der Waals surface area contributed by atoms with Crippen LogP contribution in [-0.2, 0) is 11.2 Å². The van der Waals surface area contributed by atoms with E-state index < -0.39 is 5.97 Å². The zero-order valence-corrected chi connectivity index (χ0v) is 12.4. The van der Waals surface area contributed by atoms with Crippen LogP contribution in [0.15, 0.2) is 24.3 Å². The van der Waals surface area contributed by atoms with Gasteiger partial charge in [-0.15, -0.1) is 0 Å². The molecule has 1 rings (SSSR count). The van der Waals surface area contributed by atoms with Gasteiger partial charge in [-0.25, -0.2) is 4.39 Å². The highest BCUT2D eigenvalue weighted by Gasteiger charge is 2.19. The number of benzene rings is 1. The Morgan fingerprint density at radius 3 is 2.35 bits per heavy atom. The Balaban J connectivity index is 2.43. The molecule has 1 aromatic rings. The summed E-state index contributed by atoms with van der Waals surface area (Å²) in [6.45, 7) is 6.53. The Hall–Kier alpha value is -1.42. The second kappa shape index (κ2) is 8.00. The van der Waals surface area contributed by atoms with Crippen LogP contribution in [0.5, 0.6) is 0 Å². The smallest absolute Gasteiger partial charge is 0.307 e. The Labute approximate surface area is 120 Å². The largest absolute Gasteiger partial charge is 0.481 e. The zero-order valence-electron chi connectivity index (χ0n) is 12.4. The van der Waals surface area contributed by atoms with Crippen LogP contribution in [0.3, 0.4) is 0 Å². The van der Waals surface area contributed by atoms with Crippen LogP contribution in [0.25, 0.3) is 0 Å². The lowest BCUT2D eigenvalue weighted by molar-refractivity contribution is -0.142. The monoisotopic (exact) mass is 281 g/mol. The van der Waals surface area contributed by atoms with E-state index in [-0.39, 0.29) is 17.8 Å². The molecule has 0 fully saturated rings. The minimum Gasteiger partial charge on any atom is -0.481 e. The van der Waals surface area contributed by atoms with Crippen LogP contribution >= 0.6 is 0 Å². The van der Waals surface area contributed by atoms with Crippen LogP contribution < -0.4 is 5.32 Å². The van der Waals surface area contributed by atoms with Crippen molar-refractivity contribution in [3.63, 3.8) is 0 Å². The topological polar surface area (TPSA) is 49.3 Å². The summed E-state index contributed by atoms with van der Waals surface area (Å²) in [5, 5.41) is 12.4. The summed E-state index contributed by atoms with van der Waals surface area (Å²) in [7, 11) is 0. The molecule has 0 heterocycles. The lowest BCUT2D eigenvalue weighted by Gasteiger charge is -2.19. The van der Waals surface area contributed by atoms with Gasteiger partial charge in [-0.2, -0.15) is 0 Å². The summed E-state index contributed by atoms with van der Waals surface area (Å²) in [6.07, 6.45) is 1.43. The molecule has 0 radical (unpaired) electrons. The zero-order chi connectivity index (χ0) is 15.1. The van der Waals surface area contributed by atoms with Crippen molar-refractivity contribution in [1.29, 1.82) is 0 Å². The lowest BCUT2D eigenvalue weighted by atomic mass is 9.96. The summed E-state index contributed by atoms with van der Waals surface area (Å²) >= 11 is 0. The summed E-state index contributed by atoms with van der Waals surface area (Å²) in [5.41, 5.74) is 1.04. The predicted octanol–water partition coefficient (Wildman–Crippen LogP) is 3.09. The third kappa shape index (κ3) is 6.15. The fraction of sp³-hybridized carbons (Fsp3) is 0.562. The van der Waals surface area contributed by atoms with E-state index in [2.05, 4.69) is 5.32 Å². The standard InChI is InChI=1S/C16H24FNO2/c1-11(2)8-14(16(19)20)10-18-12(3)9-13-4-6-15(17)7-5-13/h4-7,11-12,14,18H,8-10H2,1-3H3,(H,19,20). The van der Waals surface area contributed by atoms with Crippen molar-refractivity contribution in [1.82, 2.24) is 5.32 Å². The van der Waals surface area contributed by atoms with Gasteiger partial charge in [0.15, 0.2) is 0 Å². The summed E-state index contributed by atoms with van der Waals surface area (Å²) < 4.78 is 12.8. The van der Waals surface area contributed by atoms with E-state index in [9.17, 15) is 14.3 Å². The maximum absolute atomic E-state index is 12.8. The Morgan fingerprint density at radius 1 is 1.25 bits per heavy atom. The number of halogens is 1. The Morgan fingerprint density at radius 2 is 1.85 bits per heavy atom. The summed E-state index contributed by atoms with van der Waals surface area (Å²) in [4.78, 5) is 11.2. The molecule has 0 spiro atoms. The van der Waals surface area contributed by atoms with Crippen molar-refractivity contribution < 1.29 is 14.3 Å². The van der Waals surface area contributed by atoms with Crippen molar-refractivity contribution in [2.75, 3.05) is 6.54 Å². The predicted molar refractivity (Wildman–Crippen MR) is 78.1 cm³/mol. The van der Waals surface area contributed by atoms with Gasteiger partial charge in [0.05, 0.1) is 5.92 Å². The number of carbonyl (C=O) groups is 1. The van der Waals surface area contributed by atoms with Crippen molar-refractivity contribution >= 4 is 5.97 Å². The first-order chi connectivity index (χ1) is 9.38. The number of rotatable bonds is 8. The molecule has 0 aliphatic rings. The van der Waals surface area contributed by atoms with E-state index in [0.29, 0.717) is 18.9 Å². The minimum absolute atomic E-state index is 0.162. The molecule has 20 heavy (non-hydrogen) atoms. The van der Waals surface area contributed by atoms with Gasteiger partial charge < -0.3 is 10.4 Å². The molecule has 2 atom stereocenters. The summed E-state index contributed by atoms with van der Waals surface area (Å²) in [5.74, 6) is -0.978. The Kier molecular flexibility index (Phi) is 6.65. The van der Waals surface area contributed by atoms with Gasteiger partial charge in [0.2, 0.25) is 0 Å². The first kappa shape index (κ1) is 16.6. The van der Waals surface area contributed by atoms with E-state index in [4.69, 9.17) is 0 Å². The van der Waals surface area contributed by atoms with E-state index >= 15 is 0 Å². The third-order valence-corrected chi connectivity index (χ3v) is 3.27. The fourth-order valence-corrected chi connectivity index (χ4v) is 2.23. The molecular formula is C16H24FNO2. The lowest BCUT2D eigenvalue weighted by Crippen LogP contribution is -2.36. The molecule has 0 aliphatic heterocycles. The van der Waals surface area contributed by atoms with Gasteiger partial charge in [0.25, 0.3) is 0 Å². The second-order valence-corrected chi connectivity index (χ2v) is 5.80. The van der Waals surface area contributed by atoms with Crippen molar-refractivity contribution in [3.8, 4) is 0 Å². The number of carboxylic acids is 1. The van der Waals surface area contributed by atoms with E-state index in [1.807, 2.05) is 20.8 Å². The van der Waals surface area contributed by atoms with Gasteiger partial charge in [-0.05, 0) is 43.4 Å². The maximum Gasteiger partial charge on any atom is 0.307 e. The van der Waals surface area contributed by atoms with E-state index in [1.54, 1.807) is 12.1 Å². The molecule has 3 nitrogen and oxygen atoms in total. The van der Waals surface area contributed by atoms with Crippen LogP contribution in [0, 0.1) is 17.7 Å². The molecule has 0 aromatic heterocycles. The molecule has 1 aromatic carbocycles. The molecule has 2 N–H and O–H groups in total. The average molecular weight is 281 g/mol. The first-order valence-electron chi connectivity index (χ1n) is 7.09. The minimum atomic E-state index is -0.750. The van der Waals surface area contributed by atoms with Gasteiger partial charge in [-0.1, -0.05) is 26.0 Å². The van der Waals surface area contributed by atoms with Crippen LogP contribution in [0.4, 0.5) is 4.39 Å². The van der Waals surface area contributed by atoms with Gasteiger partial charge in [0, 0.05) is 12.6 Å². The first-order valence-corrected chi connectivity index (χ1v) is 7.09. The fourth-order valence-electron chi connectivity index (χ4n) is 2.23. The SMILES string of the molecule is CC(C)CC(CNC(C)Cc1ccc(F)cc1)C(=O)O. The summed E-state index contributed by atoms with van der Waals surface area (Å²) in [6, 6.07) is 6.57. The molecular weight excluding hydrogens is 257 g/mol. The van der Waals surface area contributed by atoms with Crippen molar-refractivity contribution in [3.05, 3.63) is 35.6 Å². The third-order valence-electron chi connectivity index (χ3n) is 3.27. The van der Waals surface area contributed by atoms with Crippen molar-refractivity contribution in [2.45, 2.75) is 39.7 Å². The molecule has 0 amide bonds. The number of hydrogen-bond acceptors (Lipinski definition) is 2. The average Bonchev–Trinajstić information content (AvgIpc) is 2.36. The van der Waals surface area contributed by atoms with E-state index in [0.717, 1.165) is 12.0 Å². The van der Waals surface area contributed by atoms with Gasteiger partial charge in [0.1, 0.15) is 5.82 Å². The molecule has 4 heteroatoms. The molecule has 0 bridgehead atoms. The molecule has 0 saturated carbocycles. The van der Waals surface area contributed by atoms with Gasteiger partial charge in [-0.3, -0.25) is 4.79 Å². The van der Waals surface area contributed by atoms with E-state index in [1.165, 1.54) is 12.1 Å². The number of hydrogen-bond donors (Lipinski definition) is 2. The number of nitrogens with one attached hydrogen (secondary N) is 1. The van der Waals surface area contributed by atoms with Crippen LogP contribution in [0.2, 0.25) is 0 Å². The highest BCUT2D eigenvalue weighted by Crippen LogP contribution is 2.12. The van der Waals surface area contributed by atoms with Gasteiger partial charge >= 0.3 is 5.97 Å². The molecule has 2 unspecified atom stereocenters. The number of aliphatic carboxylic acids is 1. The van der Waals surface area contributed by atoms with Crippen LogP contribution in [-0.4, -0.2) is 23.7 Å². The van der Waals surface area contributed by atoms with Crippen LogP contribution in [0.1, 0.15) is 32.8 Å².